The first-order chi connectivity index (χ1) is 17.8. The van der Waals surface area contributed by atoms with E-state index in [4.69, 9.17) is 16.3 Å². The summed E-state index contributed by atoms with van der Waals surface area (Å²) in [6.45, 7) is 4.24. The van der Waals surface area contributed by atoms with Crippen LogP contribution in [0.25, 0.3) is 11.1 Å². The van der Waals surface area contributed by atoms with Gasteiger partial charge in [-0.25, -0.2) is 9.78 Å². The molecule has 0 unspecified atom stereocenters. The number of carbonyl (C=O) groups excluding carboxylic acids is 2. The van der Waals surface area contributed by atoms with Gasteiger partial charge >= 0.3 is 6.09 Å². The van der Waals surface area contributed by atoms with Gasteiger partial charge in [0.25, 0.3) is 5.91 Å². The first-order valence-corrected chi connectivity index (χ1v) is 12.3. The minimum absolute atomic E-state index is 0.180. The van der Waals surface area contributed by atoms with Crippen LogP contribution < -0.4 is 4.90 Å². The largest absolute Gasteiger partial charge is 0.445 e. The number of pyridine rings is 1. The highest BCUT2D eigenvalue weighted by atomic mass is 35.5. The molecule has 0 radical (unpaired) electrons. The molecule has 190 valence electrons. The second kappa shape index (κ2) is 11.3. The maximum Gasteiger partial charge on any atom is 0.410 e. The van der Waals surface area contributed by atoms with Gasteiger partial charge < -0.3 is 19.4 Å². The van der Waals surface area contributed by atoms with Crippen molar-refractivity contribution >= 4 is 29.4 Å². The highest BCUT2D eigenvalue weighted by Gasteiger charge is 2.25. The van der Waals surface area contributed by atoms with Gasteiger partial charge in [0.15, 0.2) is 0 Å². The molecule has 3 aromatic rings. The number of ether oxygens (including phenoxy) is 1. The molecule has 0 N–H and O–H groups in total. The van der Waals surface area contributed by atoms with Crippen LogP contribution in [-0.4, -0.2) is 67.1 Å². The minimum Gasteiger partial charge on any atom is -0.445 e. The number of halogens is 1. The zero-order valence-electron chi connectivity index (χ0n) is 21.1. The Bertz CT molecular complexity index is 1360. The molecule has 1 aliphatic rings. The highest BCUT2D eigenvalue weighted by molar-refractivity contribution is 6.34. The molecular formula is C28H28ClN5O3. The Balaban J connectivity index is 1.41. The van der Waals surface area contributed by atoms with E-state index in [9.17, 15) is 14.9 Å². The average Bonchev–Trinajstić information content (AvgIpc) is 2.91. The SMILES string of the molecule is Cc1ccccc1COC(=O)N1CCN(c2ncc(-c3ccc(C(=O)N(C)C)c(Cl)c3)cc2C#N)CC1. The lowest BCUT2D eigenvalue weighted by molar-refractivity contribution is 0.0827. The van der Waals surface area contributed by atoms with Crippen molar-refractivity contribution in [2.45, 2.75) is 13.5 Å². The molecule has 0 bridgehead atoms. The summed E-state index contributed by atoms with van der Waals surface area (Å²) in [5.74, 6) is 0.394. The maximum absolute atomic E-state index is 12.6. The third-order valence-corrected chi connectivity index (χ3v) is 6.69. The average molecular weight is 518 g/mol. The van der Waals surface area contributed by atoms with Crippen molar-refractivity contribution in [2.75, 3.05) is 45.2 Å². The van der Waals surface area contributed by atoms with E-state index in [0.717, 1.165) is 22.3 Å². The van der Waals surface area contributed by atoms with Crippen LogP contribution in [0.15, 0.2) is 54.7 Å². The molecule has 0 spiro atoms. The molecule has 1 aromatic heterocycles. The van der Waals surface area contributed by atoms with Crippen molar-refractivity contribution in [1.82, 2.24) is 14.8 Å². The van der Waals surface area contributed by atoms with Gasteiger partial charge in [0.2, 0.25) is 0 Å². The van der Waals surface area contributed by atoms with Crippen LogP contribution in [0.3, 0.4) is 0 Å². The molecule has 2 amide bonds. The van der Waals surface area contributed by atoms with E-state index in [1.54, 1.807) is 49.5 Å². The molecule has 1 saturated heterocycles. The predicted molar refractivity (Wildman–Crippen MR) is 143 cm³/mol. The smallest absolute Gasteiger partial charge is 0.410 e. The molecule has 0 saturated carbocycles. The molecular weight excluding hydrogens is 490 g/mol. The van der Waals surface area contributed by atoms with Crippen LogP contribution in [-0.2, 0) is 11.3 Å². The number of nitriles is 1. The van der Waals surface area contributed by atoms with Crippen LogP contribution in [0, 0.1) is 18.3 Å². The molecule has 1 fully saturated rings. The number of piperazine rings is 1. The van der Waals surface area contributed by atoms with Gasteiger partial charge in [0.1, 0.15) is 18.5 Å². The van der Waals surface area contributed by atoms with Crippen molar-refractivity contribution in [2.24, 2.45) is 0 Å². The van der Waals surface area contributed by atoms with E-state index in [-0.39, 0.29) is 18.6 Å². The number of aryl methyl sites for hydroxylation is 1. The van der Waals surface area contributed by atoms with E-state index in [1.807, 2.05) is 36.1 Å². The summed E-state index contributed by atoms with van der Waals surface area (Å²) in [6.07, 6.45) is 1.35. The number of amides is 2. The Labute approximate surface area is 221 Å². The van der Waals surface area contributed by atoms with Gasteiger partial charge in [-0.15, -0.1) is 0 Å². The summed E-state index contributed by atoms with van der Waals surface area (Å²) in [7, 11) is 3.34. The Kier molecular flexibility index (Phi) is 7.95. The van der Waals surface area contributed by atoms with Crippen LogP contribution in [0.4, 0.5) is 10.6 Å². The molecule has 2 aromatic carbocycles. The lowest BCUT2D eigenvalue weighted by Crippen LogP contribution is -2.49. The van der Waals surface area contributed by atoms with Crippen molar-refractivity contribution in [1.29, 1.82) is 5.26 Å². The molecule has 4 rings (SSSR count). The van der Waals surface area contributed by atoms with Crippen molar-refractivity contribution in [3.05, 3.63) is 82.0 Å². The Morgan fingerprint density at radius 3 is 2.46 bits per heavy atom. The number of hydrogen-bond donors (Lipinski definition) is 0. The summed E-state index contributed by atoms with van der Waals surface area (Å²) in [5.41, 5.74) is 4.39. The van der Waals surface area contributed by atoms with Crippen LogP contribution >= 0.6 is 11.6 Å². The van der Waals surface area contributed by atoms with Gasteiger partial charge in [0.05, 0.1) is 16.1 Å². The summed E-state index contributed by atoms with van der Waals surface area (Å²) in [4.78, 5) is 34.5. The fourth-order valence-corrected chi connectivity index (χ4v) is 4.42. The van der Waals surface area contributed by atoms with E-state index in [1.165, 1.54) is 4.90 Å². The zero-order valence-corrected chi connectivity index (χ0v) is 21.8. The maximum atomic E-state index is 12.6. The van der Waals surface area contributed by atoms with Gasteiger partial charge in [0, 0.05) is 52.0 Å². The third-order valence-electron chi connectivity index (χ3n) is 6.38. The number of benzene rings is 2. The van der Waals surface area contributed by atoms with Gasteiger partial charge in [-0.2, -0.15) is 5.26 Å². The number of rotatable bonds is 5. The lowest BCUT2D eigenvalue weighted by Gasteiger charge is -2.35. The molecule has 0 aliphatic carbocycles. The van der Waals surface area contributed by atoms with Gasteiger partial charge in [-0.05, 0) is 41.8 Å². The van der Waals surface area contributed by atoms with E-state index in [0.29, 0.717) is 48.1 Å². The summed E-state index contributed by atoms with van der Waals surface area (Å²) in [6, 6.07) is 17.0. The topological polar surface area (TPSA) is 89.8 Å². The molecule has 2 heterocycles. The highest BCUT2D eigenvalue weighted by Crippen LogP contribution is 2.29. The quantitative estimate of drug-likeness (QED) is 0.485. The van der Waals surface area contributed by atoms with E-state index in [2.05, 4.69) is 11.1 Å². The summed E-state index contributed by atoms with van der Waals surface area (Å²) >= 11 is 6.37. The van der Waals surface area contributed by atoms with Crippen molar-refractivity contribution in [3.63, 3.8) is 0 Å². The molecule has 0 atom stereocenters. The van der Waals surface area contributed by atoms with Crippen molar-refractivity contribution < 1.29 is 14.3 Å². The first kappa shape index (κ1) is 26.0. The zero-order chi connectivity index (χ0) is 26.5. The predicted octanol–water partition coefficient (Wildman–Crippen LogP) is 4.74. The van der Waals surface area contributed by atoms with Crippen molar-refractivity contribution in [3.8, 4) is 17.2 Å². The van der Waals surface area contributed by atoms with Crippen LogP contribution in [0.1, 0.15) is 27.0 Å². The number of nitrogens with zero attached hydrogens (tertiary/aromatic N) is 5. The normalized spacial score (nSPS) is 13.2. The fourth-order valence-electron chi connectivity index (χ4n) is 4.16. The Morgan fingerprint density at radius 2 is 1.81 bits per heavy atom. The van der Waals surface area contributed by atoms with Gasteiger partial charge in [-0.1, -0.05) is 41.9 Å². The summed E-state index contributed by atoms with van der Waals surface area (Å²) < 4.78 is 5.51. The monoisotopic (exact) mass is 517 g/mol. The van der Waals surface area contributed by atoms with Crippen LogP contribution in [0.2, 0.25) is 5.02 Å². The van der Waals surface area contributed by atoms with E-state index >= 15 is 0 Å². The molecule has 1 aliphatic heterocycles. The second-order valence-corrected chi connectivity index (χ2v) is 9.46. The lowest BCUT2D eigenvalue weighted by atomic mass is 10.0. The number of anilines is 1. The Hall–Kier alpha value is -4.09. The first-order valence-electron chi connectivity index (χ1n) is 11.9. The Morgan fingerprint density at radius 1 is 1.08 bits per heavy atom. The standard InChI is InChI=1S/C28H28ClN5O3/c1-19-6-4-5-7-21(19)18-37-28(36)34-12-10-33(11-13-34)26-22(16-30)14-23(17-31-26)20-8-9-24(25(29)15-20)27(35)32(2)3/h4-9,14-15,17H,10-13,18H2,1-3H3. The fraction of sp³-hybridized carbons (Fsp3) is 0.286. The summed E-state index contributed by atoms with van der Waals surface area (Å²) in [5, 5.41) is 10.2. The van der Waals surface area contributed by atoms with Gasteiger partial charge in [-0.3, -0.25) is 4.79 Å². The van der Waals surface area contributed by atoms with Crippen LogP contribution in [0.5, 0.6) is 0 Å². The molecule has 37 heavy (non-hydrogen) atoms. The second-order valence-electron chi connectivity index (χ2n) is 9.06. The number of carbonyl (C=O) groups is 2. The number of hydrogen-bond acceptors (Lipinski definition) is 6. The molecule has 9 heteroatoms. The van der Waals surface area contributed by atoms with E-state index < -0.39 is 0 Å². The number of aromatic nitrogens is 1. The third kappa shape index (κ3) is 5.84. The molecule has 8 nitrogen and oxygen atoms in total. The minimum atomic E-state index is -0.347.